The van der Waals surface area contributed by atoms with Crippen LogP contribution in [0, 0.1) is 0 Å². The molecule has 10 nitrogen and oxygen atoms in total. The first-order valence-electron chi connectivity index (χ1n) is 10.5. The van der Waals surface area contributed by atoms with Gasteiger partial charge >= 0.3 is 0 Å². The lowest BCUT2D eigenvalue weighted by Gasteiger charge is -2.23. The van der Waals surface area contributed by atoms with Crippen molar-refractivity contribution in [3.63, 3.8) is 0 Å². The number of hydrogen-bond acceptors (Lipinski definition) is 8. The van der Waals surface area contributed by atoms with Gasteiger partial charge in [0.1, 0.15) is 29.0 Å². The summed E-state index contributed by atoms with van der Waals surface area (Å²) < 4.78 is 13.1. The normalized spacial score (nSPS) is 16.8. The molecule has 4 heterocycles. The molecule has 31 heavy (non-hydrogen) atoms. The molecular formula is C21H25N7O3. The molecule has 0 spiro atoms. The summed E-state index contributed by atoms with van der Waals surface area (Å²) in [6, 6.07) is 5.81. The van der Waals surface area contributed by atoms with E-state index in [0.29, 0.717) is 47.6 Å². The number of nitrogens with zero attached hydrogens (tertiary/aromatic N) is 4. The van der Waals surface area contributed by atoms with Crippen LogP contribution in [0.4, 0.5) is 17.3 Å². The monoisotopic (exact) mass is 423 g/mol. The third-order valence-electron chi connectivity index (χ3n) is 5.37. The number of fused-ring (bicyclic) bond motifs is 1. The van der Waals surface area contributed by atoms with E-state index in [1.807, 2.05) is 18.2 Å². The predicted octanol–water partition coefficient (Wildman–Crippen LogP) is 2.36. The largest absolute Gasteiger partial charge is 0.473 e. The fraction of sp³-hybridized carbons (Fsp3) is 0.429. The van der Waals surface area contributed by atoms with Crippen molar-refractivity contribution in [1.82, 2.24) is 24.9 Å². The van der Waals surface area contributed by atoms with Crippen LogP contribution in [0.5, 0.6) is 5.88 Å². The number of anilines is 3. The van der Waals surface area contributed by atoms with Gasteiger partial charge in [-0.1, -0.05) is 0 Å². The third-order valence-corrected chi connectivity index (χ3v) is 5.37. The number of amides is 1. The summed E-state index contributed by atoms with van der Waals surface area (Å²) in [7, 11) is 1.80. The molecule has 2 fully saturated rings. The highest BCUT2D eigenvalue weighted by Gasteiger charge is 2.26. The summed E-state index contributed by atoms with van der Waals surface area (Å²) in [5, 5.41) is 13.7. The highest BCUT2D eigenvalue weighted by molar-refractivity contribution is 6.00. The number of hydrogen-bond donors (Lipinski definition) is 3. The van der Waals surface area contributed by atoms with Crippen molar-refractivity contribution in [2.75, 3.05) is 30.9 Å². The second kappa shape index (κ2) is 8.38. The summed E-state index contributed by atoms with van der Waals surface area (Å²) in [5.41, 5.74) is 1.62. The van der Waals surface area contributed by atoms with E-state index in [1.165, 1.54) is 0 Å². The summed E-state index contributed by atoms with van der Waals surface area (Å²) >= 11 is 0. The van der Waals surface area contributed by atoms with Crippen molar-refractivity contribution in [3.05, 3.63) is 36.2 Å². The average molecular weight is 423 g/mol. The summed E-state index contributed by atoms with van der Waals surface area (Å²) in [6.45, 7) is 1.38. The number of carbonyl (C=O) groups excluding carboxylic acids is 1. The minimum atomic E-state index is -0.158. The highest BCUT2D eigenvalue weighted by Crippen LogP contribution is 2.29. The lowest BCUT2D eigenvalue weighted by Crippen LogP contribution is -2.26. The second-order valence-electron chi connectivity index (χ2n) is 7.73. The number of nitrogens with one attached hydrogen (secondary N) is 3. The first kappa shape index (κ1) is 19.6. The Balaban J connectivity index is 1.44. The number of rotatable bonds is 7. The predicted molar refractivity (Wildman–Crippen MR) is 115 cm³/mol. The van der Waals surface area contributed by atoms with Crippen LogP contribution in [0.1, 0.15) is 36.0 Å². The van der Waals surface area contributed by atoms with Gasteiger partial charge in [-0.05, 0) is 25.0 Å². The maximum Gasteiger partial charge on any atom is 0.256 e. The smallest absolute Gasteiger partial charge is 0.256 e. The van der Waals surface area contributed by atoms with E-state index in [0.717, 1.165) is 25.7 Å². The maximum atomic E-state index is 12.6. The fourth-order valence-corrected chi connectivity index (χ4v) is 3.53. The van der Waals surface area contributed by atoms with Gasteiger partial charge in [-0.2, -0.15) is 9.61 Å². The zero-order valence-corrected chi connectivity index (χ0v) is 17.3. The molecule has 1 saturated heterocycles. The Morgan fingerprint density at radius 2 is 2.10 bits per heavy atom. The van der Waals surface area contributed by atoms with Crippen LogP contribution in [0.3, 0.4) is 0 Å². The Kier molecular flexibility index (Phi) is 5.29. The maximum absolute atomic E-state index is 12.6. The Morgan fingerprint density at radius 3 is 2.87 bits per heavy atom. The van der Waals surface area contributed by atoms with Crippen molar-refractivity contribution in [3.8, 4) is 5.88 Å². The zero-order valence-electron chi connectivity index (χ0n) is 17.3. The molecule has 162 valence electrons. The van der Waals surface area contributed by atoms with Gasteiger partial charge < -0.3 is 25.4 Å². The topological polar surface area (TPSA) is 115 Å². The first-order valence-corrected chi connectivity index (χ1v) is 10.5. The lowest BCUT2D eigenvalue weighted by atomic mass is 10.1. The van der Waals surface area contributed by atoms with Gasteiger partial charge in [-0.25, -0.2) is 9.97 Å². The minimum absolute atomic E-state index is 0.0695. The molecule has 1 saturated carbocycles. The third kappa shape index (κ3) is 4.24. The van der Waals surface area contributed by atoms with E-state index >= 15 is 0 Å². The van der Waals surface area contributed by atoms with Crippen LogP contribution in [-0.4, -0.2) is 57.9 Å². The van der Waals surface area contributed by atoms with Gasteiger partial charge in [0, 0.05) is 38.2 Å². The van der Waals surface area contributed by atoms with Crippen LogP contribution < -0.4 is 20.7 Å². The fourth-order valence-electron chi connectivity index (χ4n) is 3.53. The highest BCUT2D eigenvalue weighted by atomic mass is 16.5. The molecule has 2 aliphatic rings. The first-order chi connectivity index (χ1) is 15.2. The number of aromatic nitrogens is 4. The quantitative estimate of drug-likeness (QED) is 0.531. The van der Waals surface area contributed by atoms with Gasteiger partial charge in [0.2, 0.25) is 5.88 Å². The molecule has 1 amide bonds. The van der Waals surface area contributed by atoms with Gasteiger partial charge in [-0.3, -0.25) is 4.79 Å². The molecule has 0 bridgehead atoms. The van der Waals surface area contributed by atoms with Crippen LogP contribution in [0.25, 0.3) is 5.65 Å². The van der Waals surface area contributed by atoms with Crippen molar-refractivity contribution in [2.24, 2.45) is 0 Å². The van der Waals surface area contributed by atoms with E-state index in [4.69, 9.17) is 9.47 Å². The van der Waals surface area contributed by atoms with Crippen molar-refractivity contribution in [2.45, 2.75) is 37.8 Å². The van der Waals surface area contributed by atoms with E-state index in [2.05, 4.69) is 31.0 Å². The minimum Gasteiger partial charge on any atom is -0.473 e. The Bertz CT molecular complexity index is 1090. The Hall–Kier alpha value is -3.40. The molecule has 0 atom stereocenters. The van der Waals surface area contributed by atoms with Crippen LogP contribution in [0.2, 0.25) is 0 Å². The molecule has 0 radical (unpaired) electrons. The molecule has 0 unspecified atom stereocenters. The number of carbonyl (C=O) groups is 1. The van der Waals surface area contributed by atoms with Crippen LogP contribution in [-0.2, 0) is 4.74 Å². The van der Waals surface area contributed by atoms with E-state index < -0.39 is 0 Å². The summed E-state index contributed by atoms with van der Waals surface area (Å²) in [5.74, 6) is 1.62. The summed E-state index contributed by atoms with van der Waals surface area (Å²) in [4.78, 5) is 21.7. The van der Waals surface area contributed by atoms with Gasteiger partial charge in [-0.15, -0.1) is 0 Å². The lowest BCUT2D eigenvalue weighted by molar-refractivity contribution is 0.0240. The molecule has 1 aliphatic carbocycles. The number of ether oxygens (including phenoxy) is 2. The van der Waals surface area contributed by atoms with Gasteiger partial charge in [0.05, 0.1) is 19.4 Å². The molecule has 3 N–H and O–H groups in total. The second-order valence-corrected chi connectivity index (χ2v) is 7.73. The number of pyridine rings is 1. The van der Waals surface area contributed by atoms with Crippen LogP contribution in [0.15, 0.2) is 30.6 Å². The van der Waals surface area contributed by atoms with Crippen LogP contribution >= 0.6 is 0 Å². The Labute approximate surface area is 179 Å². The molecule has 3 aromatic rings. The average Bonchev–Trinajstić information content (AvgIpc) is 3.50. The molecule has 3 aromatic heterocycles. The van der Waals surface area contributed by atoms with E-state index in [1.54, 1.807) is 24.0 Å². The SMILES string of the molecule is CNc1cc(Nc2cccnc2OC2CCOCC2)nc2c(C(=O)NC3CC3)cnn12. The Morgan fingerprint density at radius 1 is 1.26 bits per heavy atom. The van der Waals surface area contributed by atoms with Crippen molar-refractivity contribution in [1.29, 1.82) is 0 Å². The van der Waals surface area contributed by atoms with E-state index in [9.17, 15) is 4.79 Å². The molecule has 1 aliphatic heterocycles. The zero-order chi connectivity index (χ0) is 21.2. The molecular weight excluding hydrogens is 398 g/mol. The molecule has 5 rings (SSSR count). The van der Waals surface area contributed by atoms with Crippen molar-refractivity contribution >= 4 is 28.9 Å². The standard InChI is InChI=1S/C21H25N7O3/c1-22-18-11-17(27-19-15(12-24-28(18)19)20(29)25-13-4-5-13)26-16-3-2-8-23-21(16)31-14-6-9-30-10-7-14/h2-3,8,11-14,22H,4-7,9-10H2,1H3,(H,25,29)(H,26,27). The molecule has 10 heteroatoms. The molecule has 0 aromatic carbocycles. The van der Waals surface area contributed by atoms with Gasteiger partial charge in [0.15, 0.2) is 5.65 Å². The van der Waals surface area contributed by atoms with Gasteiger partial charge in [0.25, 0.3) is 5.91 Å². The van der Waals surface area contributed by atoms with Crippen molar-refractivity contribution < 1.29 is 14.3 Å². The van der Waals surface area contributed by atoms with E-state index in [-0.39, 0.29) is 18.1 Å². The summed E-state index contributed by atoms with van der Waals surface area (Å²) in [6.07, 6.45) is 7.02.